The van der Waals surface area contributed by atoms with Gasteiger partial charge in [0.2, 0.25) is 0 Å². The molecule has 0 unspecified atom stereocenters. The van der Waals surface area contributed by atoms with Gasteiger partial charge in [-0.25, -0.2) is 0 Å². The molecule has 0 spiro atoms. The first-order valence-electron chi connectivity index (χ1n) is 11.9. The molecule has 0 fully saturated rings. The molecular weight excluding hydrogens is 420 g/mol. The monoisotopic (exact) mass is 462 g/mol. The Balaban J connectivity index is 0.00000258. The molecule has 1 N–H and O–H groups in total. The standard InChI is InChI=1S/C27H30O3.2C2H6/c1-6-10-25(22(4)23(5)28)19-30-27-14-9-13-26(17-27)29-18-20(2)15-16-24-12-8-7-11-21(24)3;2*1-2/h6-17,28H,3,5,18-19H2,1-2,4H3;2*1-2H3/b10-6-,20-15+,24-16-,25-22-;;. The van der Waals surface area contributed by atoms with Gasteiger partial charge >= 0.3 is 0 Å². The van der Waals surface area contributed by atoms with Gasteiger partial charge in [-0.15, -0.1) is 0 Å². The summed E-state index contributed by atoms with van der Waals surface area (Å²) in [5.74, 6) is 1.48. The lowest BCUT2D eigenvalue weighted by Crippen LogP contribution is -2.21. The number of ether oxygens (including phenoxy) is 2. The second kappa shape index (κ2) is 18.0. The van der Waals surface area contributed by atoms with Crippen LogP contribution < -0.4 is 19.9 Å². The van der Waals surface area contributed by atoms with E-state index in [4.69, 9.17) is 9.47 Å². The predicted molar refractivity (Wildman–Crippen MR) is 149 cm³/mol. The quantitative estimate of drug-likeness (QED) is 0.314. The zero-order chi connectivity index (χ0) is 25.9. The fraction of sp³-hybridized carbons (Fsp3) is 0.290. The lowest BCUT2D eigenvalue weighted by molar-refractivity contribution is 0.334. The SMILES string of the molecule is C=C(O)/C(C)=C(/C=C\C)COc1cccc(OC/C(C)=C/C=c2/ccccc2=C)c1.CC.CC. The van der Waals surface area contributed by atoms with Gasteiger partial charge in [0.25, 0.3) is 0 Å². The normalized spacial score (nSPS) is 12.1. The van der Waals surface area contributed by atoms with E-state index in [9.17, 15) is 5.11 Å². The minimum atomic E-state index is 0.0457. The van der Waals surface area contributed by atoms with Crippen molar-refractivity contribution in [2.24, 2.45) is 0 Å². The number of allylic oxidation sites excluding steroid dienone is 3. The fourth-order valence-corrected chi connectivity index (χ4v) is 2.66. The fourth-order valence-electron chi connectivity index (χ4n) is 2.66. The maximum Gasteiger partial charge on any atom is 0.123 e. The first-order chi connectivity index (χ1) is 16.4. The summed E-state index contributed by atoms with van der Waals surface area (Å²) in [6, 6.07) is 15.5. The van der Waals surface area contributed by atoms with Crippen LogP contribution in [0.5, 0.6) is 11.5 Å². The first-order valence-corrected chi connectivity index (χ1v) is 11.9. The molecule has 0 saturated carbocycles. The van der Waals surface area contributed by atoms with Crippen LogP contribution in [0, 0.1) is 0 Å². The lowest BCUT2D eigenvalue weighted by atomic mass is 10.1. The summed E-state index contributed by atoms with van der Waals surface area (Å²) in [6.07, 6.45) is 7.91. The molecule has 3 heteroatoms. The zero-order valence-electron chi connectivity index (χ0n) is 22.0. The highest BCUT2D eigenvalue weighted by atomic mass is 16.5. The number of hydrogen-bond donors (Lipinski definition) is 1. The van der Waals surface area contributed by atoms with Crippen LogP contribution in [-0.2, 0) is 0 Å². The van der Waals surface area contributed by atoms with Gasteiger partial charge in [-0.1, -0.05) is 95.5 Å². The molecule has 0 saturated heterocycles. The summed E-state index contributed by atoms with van der Waals surface area (Å²) < 4.78 is 11.8. The van der Waals surface area contributed by atoms with Crippen LogP contribution in [0.15, 0.2) is 95.8 Å². The van der Waals surface area contributed by atoms with E-state index in [0.717, 1.165) is 27.3 Å². The van der Waals surface area contributed by atoms with Crippen molar-refractivity contribution in [1.29, 1.82) is 0 Å². The summed E-state index contributed by atoms with van der Waals surface area (Å²) in [6.45, 7) is 22.2. The van der Waals surface area contributed by atoms with Gasteiger partial charge in [0.15, 0.2) is 0 Å². The Hall–Kier alpha value is -3.46. The zero-order valence-corrected chi connectivity index (χ0v) is 22.0. The van der Waals surface area contributed by atoms with E-state index in [2.05, 4.69) is 13.2 Å². The van der Waals surface area contributed by atoms with E-state index in [1.807, 2.05) is 121 Å². The highest BCUT2D eigenvalue weighted by Crippen LogP contribution is 2.21. The molecule has 0 aliphatic heterocycles. The summed E-state index contributed by atoms with van der Waals surface area (Å²) in [7, 11) is 0. The van der Waals surface area contributed by atoms with Gasteiger partial charge in [0.1, 0.15) is 30.5 Å². The summed E-state index contributed by atoms with van der Waals surface area (Å²) in [5, 5.41) is 11.7. The predicted octanol–water partition coefficient (Wildman–Crippen LogP) is 7.30. The Morgan fingerprint density at radius 2 is 1.50 bits per heavy atom. The molecule has 0 atom stereocenters. The largest absolute Gasteiger partial charge is 0.508 e. The molecule has 2 aromatic carbocycles. The molecule has 0 aliphatic rings. The molecule has 184 valence electrons. The van der Waals surface area contributed by atoms with Crippen molar-refractivity contribution >= 4 is 12.7 Å². The van der Waals surface area contributed by atoms with E-state index < -0.39 is 0 Å². The van der Waals surface area contributed by atoms with Crippen molar-refractivity contribution in [2.75, 3.05) is 13.2 Å². The van der Waals surface area contributed by atoms with E-state index in [1.54, 1.807) is 0 Å². The lowest BCUT2D eigenvalue weighted by Gasteiger charge is -2.12. The van der Waals surface area contributed by atoms with Gasteiger partial charge < -0.3 is 14.6 Å². The third-order valence-corrected chi connectivity index (χ3v) is 4.55. The van der Waals surface area contributed by atoms with Crippen LogP contribution in [0.1, 0.15) is 48.5 Å². The van der Waals surface area contributed by atoms with Crippen LogP contribution >= 0.6 is 0 Å². The summed E-state index contributed by atoms with van der Waals surface area (Å²) in [5.41, 5.74) is 2.68. The topological polar surface area (TPSA) is 38.7 Å². The molecular formula is C31H42O3. The Kier molecular flexibility index (Phi) is 16.2. The molecule has 0 amide bonds. The van der Waals surface area contributed by atoms with E-state index in [0.29, 0.717) is 24.5 Å². The van der Waals surface area contributed by atoms with Gasteiger partial charge in [0, 0.05) is 6.07 Å². The van der Waals surface area contributed by atoms with E-state index >= 15 is 0 Å². The minimum Gasteiger partial charge on any atom is -0.508 e. The molecule has 3 nitrogen and oxygen atoms in total. The second-order valence-electron chi connectivity index (χ2n) is 7.03. The number of aliphatic hydroxyl groups excluding tert-OH is 1. The van der Waals surface area contributed by atoms with E-state index in [1.165, 1.54) is 0 Å². The Labute approximate surface area is 206 Å². The van der Waals surface area contributed by atoms with Crippen LogP contribution in [0.25, 0.3) is 12.7 Å². The minimum absolute atomic E-state index is 0.0457. The van der Waals surface area contributed by atoms with Gasteiger partial charge in [-0.2, -0.15) is 0 Å². The van der Waals surface area contributed by atoms with E-state index in [-0.39, 0.29) is 5.76 Å². The van der Waals surface area contributed by atoms with Crippen molar-refractivity contribution in [3.63, 3.8) is 0 Å². The molecule has 0 bridgehead atoms. The molecule has 2 rings (SSSR count). The molecule has 34 heavy (non-hydrogen) atoms. The maximum absolute atomic E-state index is 9.64. The third kappa shape index (κ3) is 11.4. The van der Waals surface area contributed by atoms with Gasteiger partial charge in [0.05, 0.1) is 0 Å². The number of rotatable bonds is 9. The molecule has 0 heterocycles. The molecule has 0 aromatic heterocycles. The van der Waals surface area contributed by atoms with Gasteiger partial charge in [-0.05, 0) is 60.1 Å². The van der Waals surface area contributed by atoms with Crippen molar-refractivity contribution in [3.05, 3.63) is 106 Å². The van der Waals surface area contributed by atoms with Crippen LogP contribution in [0.4, 0.5) is 0 Å². The van der Waals surface area contributed by atoms with Crippen molar-refractivity contribution in [2.45, 2.75) is 48.5 Å². The first kappa shape index (κ1) is 30.5. The molecule has 0 radical (unpaired) electrons. The number of benzene rings is 2. The van der Waals surface area contributed by atoms with Crippen molar-refractivity contribution in [1.82, 2.24) is 0 Å². The maximum atomic E-state index is 9.64. The molecule has 0 aliphatic carbocycles. The van der Waals surface area contributed by atoms with Crippen LogP contribution in [0.2, 0.25) is 0 Å². The Morgan fingerprint density at radius 3 is 2.06 bits per heavy atom. The number of hydrogen-bond acceptors (Lipinski definition) is 3. The van der Waals surface area contributed by atoms with Crippen LogP contribution in [0.3, 0.4) is 0 Å². The van der Waals surface area contributed by atoms with Crippen LogP contribution in [-0.4, -0.2) is 18.3 Å². The summed E-state index contributed by atoms with van der Waals surface area (Å²) in [4.78, 5) is 0. The average molecular weight is 463 g/mol. The van der Waals surface area contributed by atoms with Gasteiger partial charge in [-0.3, -0.25) is 0 Å². The third-order valence-electron chi connectivity index (χ3n) is 4.55. The van der Waals surface area contributed by atoms with Crippen molar-refractivity contribution in [3.8, 4) is 11.5 Å². The smallest absolute Gasteiger partial charge is 0.123 e. The Morgan fingerprint density at radius 1 is 0.912 bits per heavy atom. The average Bonchev–Trinajstić information content (AvgIpc) is 2.87. The second-order valence-corrected chi connectivity index (χ2v) is 7.03. The molecule has 2 aromatic rings. The number of aliphatic hydroxyl groups is 1. The highest BCUT2D eigenvalue weighted by Gasteiger charge is 2.05. The van der Waals surface area contributed by atoms with Crippen molar-refractivity contribution < 1.29 is 14.6 Å². The Bertz CT molecular complexity index is 1070. The summed E-state index contributed by atoms with van der Waals surface area (Å²) >= 11 is 0. The highest BCUT2D eigenvalue weighted by molar-refractivity contribution is 5.40.